The number of nitrogens with zero attached hydrogens (tertiary/aromatic N) is 6. The van der Waals surface area contributed by atoms with E-state index in [0.29, 0.717) is 18.9 Å². The summed E-state index contributed by atoms with van der Waals surface area (Å²) in [6.07, 6.45) is 1.51. The van der Waals surface area contributed by atoms with Crippen LogP contribution in [0.2, 0.25) is 0 Å². The van der Waals surface area contributed by atoms with Gasteiger partial charge >= 0.3 is 0 Å². The lowest BCUT2D eigenvalue weighted by atomic mass is 10.2. The Labute approximate surface area is 158 Å². The molecule has 0 saturated carbocycles. The highest BCUT2D eigenvalue weighted by atomic mass is 79.9. The van der Waals surface area contributed by atoms with Crippen LogP contribution in [0.3, 0.4) is 0 Å². The molecule has 0 bridgehead atoms. The van der Waals surface area contributed by atoms with Crippen LogP contribution in [0.15, 0.2) is 22.7 Å². The summed E-state index contributed by atoms with van der Waals surface area (Å²) in [4.78, 5) is 15.8. The van der Waals surface area contributed by atoms with Gasteiger partial charge in [0.1, 0.15) is 5.82 Å². The summed E-state index contributed by atoms with van der Waals surface area (Å²) in [7, 11) is 8.14. The Hall–Kier alpha value is -1.91. The number of hydrogen-bond donors (Lipinski definition) is 0. The number of hydrogen-bond acceptors (Lipinski definition) is 6. The van der Waals surface area contributed by atoms with Gasteiger partial charge in [0.15, 0.2) is 0 Å². The van der Waals surface area contributed by atoms with Crippen LogP contribution in [0.4, 0.5) is 11.8 Å². The monoisotopic (exact) mass is 404 g/mol. The molecule has 0 N–H and O–H groups in total. The van der Waals surface area contributed by atoms with Gasteiger partial charge in [0.05, 0.1) is 18.0 Å². The Morgan fingerprint density at radius 2 is 1.80 bits per heavy atom. The molecule has 6 nitrogen and oxygen atoms in total. The summed E-state index contributed by atoms with van der Waals surface area (Å²) in [5.74, 6) is 1.57. The maximum absolute atomic E-state index is 8.88. The average Bonchev–Trinajstić information content (AvgIpc) is 2.58. The van der Waals surface area contributed by atoms with Crippen molar-refractivity contribution in [3.8, 4) is 6.07 Å². The molecular weight excluding hydrogens is 380 g/mol. The van der Waals surface area contributed by atoms with Crippen LogP contribution in [0.5, 0.6) is 0 Å². The summed E-state index contributed by atoms with van der Waals surface area (Å²) in [5.41, 5.74) is 0.909. The zero-order valence-corrected chi connectivity index (χ0v) is 16.9. The largest absolute Gasteiger partial charge is 0.358 e. The SMILES string of the molecule is CN(C)CCCN(C)c1nc(N(C)CCC#N)c2cc(Br)ccc2n1. The van der Waals surface area contributed by atoms with Crippen LogP contribution in [0.1, 0.15) is 12.8 Å². The van der Waals surface area contributed by atoms with Gasteiger partial charge in [-0.1, -0.05) is 15.9 Å². The van der Waals surface area contributed by atoms with Gasteiger partial charge in [0.25, 0.3) is 0 Å². The summed E-state index contributed by atoms with van der Waals surface area (Å²) >= 11 is 3.52. The van der Waals surface area contributed by atoms with Gasteiger partial charge in [0.2, 0.25) is 5.95 Å². The molecule has 0 radical (unpaired) electrons. The van der Waals surface area contributed by atoms with Crippen molar-refractivity contribution >= 4 is 38.6 Å². The molecule has 0 aliphatic heterocycles. The molecule has 1 aromatic carbocycles. The first-order chi connectivity index (χ1) is 11.9. The summed E-state index contributed by atoms with van der Waals surface area (Å²) in [6.45, 7) is 2.56. The molecule has 0 atom stereocenters. The maximum Gasteiger partial charge on any atom is 0.227 e. The van der Waals surface area contributed by atoms with Crippen molar-refractivity contribution in [2.24, 2.45) is 0 Å². The van der Waals surface area contributed by atoms with Gasteiger partial charge in [-0.25, -0.2) is 4.98 Å². The molecule has 2 aromatic rings. The molecule has 1 aromatic heterocycles. The van der Waals surface area contributed by atoms with Crippen LogP contribution in [-0.2, 0) is 0 Å². The van der Waals surface area contributed by atoms with E-state index in [-0.39, 0.29) is 0 Å². The highest BCUT2D eigenvalue weighted by Crippen LogP contribution is 2.28. The van der Waals surface area contributed by atoms with Crippen LogP contribution in [0, 0.1) is 11.3 Å². The molecule has 2 rings (SSSR count). The molecule has 7 heteroatoms. The van der Waals surface area contributed by atoms with E-state index in [9.17, 15) is 0 Å². The number of halogens is 1. The molecule has 0 aliphatic rings. The molecular formula is C18H25BrN6. The highest BCUT2D eigenvalue weighted by molar-refractivity contribution is 9.10. The van der Waals surface area contributed by atoms with Crippen molar-refractivity contribution in [3.05, 3.63) is 22.7 Å². The van der Waals surface area contributed by atoms with E-state index in [0.717, 1.165) is 40.7 Å². The van der Waals surface area contributed by atoms with Gasteiger partial charge in [-0.3, -0.25) is 0 Å². The third-order valence-corrected chi connectivity index (χ3v) is 4.48. The normalized spacial score (nSPS) is 10.9. The Bertz CT molecular complexity index is 755. The molecule has 0 aliphatic carbocycles. The average molecular weight is 405 g/mol. The predicted molar refractivity (Wildman–Crippen MR) is 107 cm³/mol. The van der Waals surface area contributed by atoms with E-state index in [2.05, 4.69) is 45.9 Å². The second-order valence-electron chi connectivity index (χ2n) is 6.42. The zero-order valence-electron chi connectivity index (χ0n) is 15.3. The van der Waals surface area contributed by atoms with E-state index < -0.39 is 0 Å². The lowest BCUT2D eigenvalue weighted by Gasteiger charge is -2.23. The predicted octanol–water partition coefficient (Wildman–Crippen LogP) is 3.13. The number of anilines is 2. The fourth-order valence-electron chi connectivity index (χ4n) is 2.58. The van der Waals surface area contributed by atoms with E-state index >= 15 is 0 Å². The van der Waals surface area contributed by atoms with E-state index in [1.54, 1.807) is 0 Å². The van der Waals surface area contributed by atoms with E-state index in [4.69, 9.17) is 15.2 Å². The zero-order chi connectivity index (χ0) is 18.4. The third kappa shape index (κ3) is 5.28. The van der Waals surface area contributed by atoms with Crippen molar-refractivity contribution in [1.82, 2.24) is 14.9 Å². The minimum atomic E-state index is 0.462. The molecule has 0 amide bonds. The van der Waals surface area contributed by atoms with Gasteiger partial charge in [-0.2, -0.15) is 10.2 Å². The van der Waals surface area contributed by atoms with Crippen molar-refractivity contribution in [1.29, 1.82) is 5.26 Å². The van der Waals surface area contributed by atoms with Crippen molar-refractivity contribution in [3.63, 3.8) is 0 Å². The Balaban J connectivity index is 2.35. The summed E-state index contributed by atoms with van der Waals surface area (Å²) in [5, 5.41) is 9.86. The first kappa shape index (κ1) is 19.4. The highest BCUT2D eigenvalue weighted by Gasteiger charge is 2.14. The number of rotatable bonds is 8. The smallest absolute Gasteiger partial charge is 0.227 e. The number of benzene rings is 1. The van der Waals surface area contributed by atoms with Crippen LogP contribution < -0.4 is 9.80 Å². The van der Waals surface area contributed by atoms with Crippen molar-refractivity contribution in [2.45, 2.75) is 12.8 Å². The second kappa shape index (κ2) is 8.97. The van der Waals surface area contributed by atoms with Gasteiger partial charge in [-0.15, -0.1) is 0 Å². The van der Waals surface area contributed by atoms with Crippen LogP contribution in [0.25, 0.3) is 10.9 Å². The van der Waals surface area contributed by atoms with Crippen LogP contribution in [-0.4, -0.2) is 62.7 Å². The van der Waals surface area contributed by atoms with Crippen LogP contribution >= 0.6 is 15.9 Å². The molecule has 134 valence electrons. The maximum atomic E-state index is 8.88. The fraction of sp³-hybridized carbons (Fsp3) is 0.500. The number of nitriles is 1. The Kier molecular flexibility index (Phi) is 6.97. The lowest BCUT2D eigenvalue weighted by Crippen LogP contribution is -2.26. The Morgan fingerprint density at radius 3 is 2.48 bits per heavy atom. The topological polar surface area (TPSA) is 59.3 Å². The molecule has 0 unspecified atom stereocenters. The summed E-state index contributed by atoms with van der Waals surface area (Å²) in [6, 6.07) is 8.22. The third-order valence-electron chi connectivity index (χ3n) is 3.99. The van der Waals surface area contributed by atoms with E-state index in [1.807, 2.05) is 37.2 Å². The fourth-order valence-corrected chi connectivity index (χ4v) is 2.94. The van der Waals surface area contributed by atoms with Crippen molar-refractivity contribution < 1.29 is 0 Å². The molecule has 1 heterocycles. The standard InChI is InChI=1S/C18H25BrN6/c1-23(2)10-6-12-25(4)18-21-16-8-7-14(19)13-15(16)17(22-18)24(3)11-5-9-20/h7-8,13H,5-6,10-12H2,1-4H3. The quantitative estimate of drug-likeness (QED) is 0.673. The lowest BCUT2D eigenvalue weighted by molar-refractivity contribution is 0.401. The summed E-state index contributed by atoms with van der Waals surface area (Å²) < 4.78 is 0.991. The number of aromatic nitrogens is 2. The van der Waals surface area contributed by atoms with E-state index in [1.165, 1.54) is 0 Å². The number of fused-ring (bicyclic) bond motifs is 1. The van der Waals surface area contributed by atoms with Crippen molar-refractivity contribution in [2.75, 3.05) is 57.6 Å². The van der Waals surface area contributed by atoms with Gasteiger partial charge in [-0.05, 0) is 45.3 Å². The van der Waals surface area contributed by atoms with Gasteiger partial charge < -0.3 is 14.7 Å². The minimum absolute atomic E-state index is 0.462. The molecule has 0 saturated heterocycles. The molecule has 0 spiro atoms. The van der Waals surface area contributed by atoms with Gasteiger partial charge in [0, 0.05) is 37.0 Å². The molecule has 25 heavy (non-hydrogen) atoms. The molecule has 0 fully saturated rings. The minimum Gasteiger partial charge on any atom is -0.358 e. The second-order valence-corrected chi connectivity index (χ2v) is 7.33. The first-order valence-electron chi connectivity index (χ1n) is 8.33. The Morgan fingerprint density at radius 1 is 1.04 bits per heavy atom. The first-order valence-corrected chi connectivity index (χ1v) is 9.13.